The summed E-state index contributed by atoms with van der Waals surface area (Å²) in [5, 5.41) is 6.65. The number of pyridine rings is 1. The second-order valence-electron chi connectivity index (χ2n) is 5.60. The van der Waals surface area contributed by atoms with E-state index in [1.165, 1.54) is 0 Å². The zero-order valence-corrected chi connectivity index (χ0v) is 14.8. The van der Waals surface area contributed by atoms with E-state index in [1.54, 1.807) is 7.11 Å². The molecule has 2 N–H and O–H groups in total. The van der Waals surface area contributed by atoms with E-state index in [0.717, 1.165) is 64.0 Å². The largest absolute Gasteiger partial charge is 0.481 e. The number of nitrogens with zero attached hydrogens (tertiary/aromatic N) is 3. The maximum absolute atomic E-state index is 5.37. The third-order valence-corrected chi connectivity index (χ3v) is 3.78. The first-order chi connectivity index (χ1) is 11.8. The van der Waals surface area contributed by atoms with Crippen LogP contribution in [-0.2, 0) is 11.3 Å². The van der Waals surface area contributed by atoms with Crippen molar-refractivity contribution < 1.29 is 9.47 Å². The van der Waals surface area contributed by atoms with Crippen molar-refractivity contribution >= 4 is 5.96 Å². The van der Waals surface area contributed by atoms with Gasteiger partial charge in [0.25, 0.3) is 0 Å². The van der Waals surface area contributed by atoms with Crippen LogP contribution in [0.3, 0.4) is 0 Å². The summed E-state index contributed by atoms with van der Waals surface area (Å²) in [6, 6.07) is 5.72. The van der Waals surface area contributed by atoms with Crippen molar-refractivity contribution in [2.24, 2.45) is 4.99 Å². The fraction of sp³-hybridized carbons (Fsp3) is 0.647. The van der Waals surface area contributed by atoms with Gasteiger partial charge < -0.3 is 20.1 Å². The molecule has 1 aliphatic rings. The van der Waals surface area contributed by atoms with Gasteiger partial charge in [-0.05, 0) is 26.0 Å². The highest BCUT2D eigenvalue weighted by molar-refractivity contribution is 5.79. The molecular weight excluding hydrogens is 306 g/mol. The van der Waals surface area contributed by atoms with Crippen LogP contribution >= 0.6 is 0 Å². The minimum atomic E-state index is 0.524. The summed E-state index contributed by atoms with van der Waals surface area (Å²) >= 11 is 0. The zero-order valence-electron chi connectivity index (χ0n) is 14.8. The zero-order chi connectivity index (χ0) is 17.0. The quantitative estimate of drug-likeness (QED) is 0.417. The average molecular weight is 335 g/mol. The van der Waals surface area contributed by atoms with Crippen LogP contribution < -0.4 is 15.4 Å². The van der Waals surface area contributed by atoms with Crippen molar-refractivity contribution in [3.63, 3.8) is 0 Å². The Bertz CT molecular complexity index is 504. The number of guanidine groups is 1. The van der Waals surface area contributed by atoms with E-state index >= 15 is 0 Å². The summed E-state index contributed by atoms with van der Waals surface area (Å²) in [6.07, 6.45) is 1.09. The molecule has 2 heterocycles. The van der Waals surface area contributed by atoms with Crippen LogP contribution in [0, 0.1) is 0 Å². The Morgan fingerprint density at radius 3 is 2.92 bits per heavy atom. The Morgan fingerprint density at radius 2 is 2.17 bits per heavy atom. The van der Waals surface area contributed by atoms with Gasteiger partial charge in [0.15, 0.2) is 5.96 Å². The molecule has 0 saturated carbocycles. The third-order valence-electron chi connectivity index (χ3n) is 3.78. The van der Waals surface area contributed by atoms with E-state index in [2.05, 4.69) is 32.4 Å². The first-order valence-electron chi connectivity index (χ1n) is 8.64. The summed E-state index contributed by atoms with van der Waals surface area (Å²) in [5.74, 6) is 1.44. The van der Waals surface area contributed by atoms with Crippen LogP contribution in [0.5, 0.6) is 5.88 Å². The third kappa shape index (κ3) is 6.72. The number of aromatic nitrogens is 1. The van der Waals surface area contributed by atoms with Gasteiger partial charge in [0, 0.05) is 32.2 Å². The SMILES string of the molecule is CCNC(=NCc1cccc(OC)n1)NCCCN1CCOCC1. The smallest absolute Gasteiger partial charge is 0.213 e. The molecule has 0 aliphatic carbocycles. The molecule has 0 amide bonds. The second-order valence-corrected chi connectivity index (χ2v) is 5.60. The van der Waals surface area contributed by atoms with Gasteiger partial charge in [-0.15, -0.1) is 0 Å². The Labute approximate surface area is 144 Å². The van der Waals surface area contributed by atoms with E-state index in [-0.39, 0.29) is 0 Å². The molecule has 1 fully saturated rings. The van der Waals surface area contributed by atoms with Crippen molar-refractivity contribution in [1.29, 1.82) is 0 Å². The van der Waals surface area contributed by atoms with E-state index < -0.39 is 0 Å². The molecule has 1 aromatic rings. The predicted molar refractivity (Wildman–Crippen MR) is 95.5 cm³/mol. The molecule has 0 unspecified atom stereocenters. The number of rotatable bonds is 8. The maximum Gasteiger partial charge on any atom is 0.213 e. The van der Waals surface area contributed by atoms with Gasteiger partial charge in [-0.2, -0.15) is 0 Å². The Morgan fingerprint density at radius 1 is 1.33 bits per heavy atom. The first-order valence-corrected chi connectivity index (χ1v) is 8.64. The average Bonchev–Trinajstić information content (AvgIpc) is 2.64. The predicted octanol–water partition coefficient (Wildman–Crippen LogP) is 0.868. The number of morpholine rings is 1. The summed E-state index contributed by atoms with van der Waals surface area (Å²) < 4.78 is 10.5. The van der Waals surface area contributed by atoms with Crippen LogP contribution in [0.2, 0.25) is 0 Å². The summed E-state index contributed by atoms with van der Waals surface area (Å²) in [4.78, 5) is 11.4. The van der Waals surface area contributed by atoms with E-state index in [9.17, 15) is 0 Å². The van der Waals surface area contributed by atoms with E-state index in [4.69, 9.17) is 9.47 Å². The van der Waals surface area contributed by atoms with Gasteiger partial charge in [0.05, 0.1) is 32.6 Å². The molecule has 2 rings (SSSR count). The monoisotopic (exact) mass is 335 g/mol. The molecule has 0 atom stereocenters. The molecular formula is C17H29N5O2. The van der Waals surface area contributed by atoms with Gasteiger partial charge in [0.1, 0.15) is 0 Å². The van der Waals surface area contributed by atoms with Crippen LogP contribution in [0.1, 0.15) is 19.0 Å². The number of hydrogen-bond donors (Lipinski definition) is 2. The van der Waals surface area contributed by atoms with Gasteiger partial charge in [0.2, 0.25) is 5.88 Å². The van der Waals surface area contributed by atoms with Gasteiger partial charge in [-0.3, -0.25) is 4.90 Å². The van der Waals surface area contributed by atoms with Crippen LogP contribution in [0.15, 0.2) is 23.2 Å². The maximum atomic E-state index is 5.37. The molecule has 7 nitrogen and oxygen atoms in total. The number of ether oxygens (including phenoxy) is 2. The summed E-state index contributed by atoms with van der Waals surface area (Å²) in [7, 11) is 1.62. The molecule has 0 spiro atoms. The van der Waals surface area contributed by atoms with Crippen LogP contribution in [0.4, 0.5) is 0 Å². The minimum absolute atomic E-state index is 0.524. The van der Waals surface area contributed by atoms with Crippen molar-refractivity contribution in [3.8, 4) is 5.88 Å². The van der Waals surface area contributed by atoms with Crippen molar-refractivity contribution in [3.05, 3.63) is 23.9 Å². The lowest BCUT2D eigenvalue weighted by atomic mass is 10.3. The second kappa shape index (κ2) is 10.8. The number of nitrogens with one attached hydrogen (secondary N) is 2. The Balaban J connectivity index is 1.75. The molecule has 24 heavy (non-hydrogen) atoms. The highest BCUT2D eigenvalue weighted by atomic mass is 16.5. The highest BCUT2D eigenvalue weighted by Gasteiger charge is 2.09. The number of methoxy groups -OCH3 is 1. The van der Waals surface area contributed by atoms with Crippen molar-refractivity contribution in [1.82, 2.24) is 20.5 Å². The Hall–Kier alpha value is -1.86. The lowest BCUT2D eigenvalue weighted by Gasteiger charge is -2.26. The van der Waals surface area contributed by atoms with Crippen molar-refractivity contribution in [2.75, 3.05) is 53.0 Å². The van der Waals surface area contributed by atoms with Crippen LogP contribution in [0.25, 0.3) is 0 Å². The van der Waals surface area contributed by atoms with Gasteiger partial charge in [-0.25, -0.2) is 9.98 Å². The molecule has 0 radical (unpaired) electrons. The topological polar surface area (TPSA) is 71.0 Å². The molecule has 1 aliphatic heterocycles. The fourth-order valence-electron chi connectivity index (χ4n) is 2.50. The molecule has 0 aromatic carbocycles. The molecule has 1 aromatic heterocycles. The molecule has 7 heteroatoms. The van der Waals surface area contributed by atoms with E-state index in [1.807, 2.05) is 18.2 Å². The molecule has 1 saturated heterocycles. The lowest BCUT2D eigenvalue weighted by molar-refractivity contribution is 0.0376. The number of aliphatic imine (C=N–C) groups is 1. The highest BCUT2D eigenvalue weighted by Crippen LogP contribution is 2.07. The summed E-state index contributed by atoms with van der Waals surface area (Å²) in [6.45, 7) is 9.19. The molecule has 0 bridgehead atoms. The Kier molecular flexibility index (Phi) is 8.34. The lowest BCUT2D eigenvalue weighted by Crippen LogP contribution is -2.40. The molecule has 134 valence electrons. The van der Waals surface area contributed by atoms with Crippen molar-refractivity contribution in [2.45, 2.75) is 19.9 Å². The first kappa shape index (κ1) is 18.5. The summed E-state index contributed by atoms with van der Waals surface area (Å²) in [5.41, 5.74) is 0.889. The van der Waals surface area contributed by atoms with Gasteiger partial charge in [-0.1, -0.05) is 6.07 Å². The fourth-order valence-corrected chi connectivity index (χ4v) is 2.50. The number of hydrogen-bond acceptors (Lipinski definition) is 5. The van der Waals surface area contributed by atoms with E-state index in [0.29, 0.717) is 12.4 Å². The minimum Gasteiger partial charge on any atom is -0.481 e. The van der Waals surface area contributed by atoms with Crippen LogP contribution in [-0.4, -0.2) is 68.9 Å². The van der Waals surface area contributed by atoms with Gasteiger partial charge >= 0.3 is 0 Å². The normalized spacial score (nSPS) is 16.0. The standard InChI is InChI=1S/C17H29N5O2/c1-3-18-17(19-8-5-9-22-10-12-24-13-11-22)20-14-15-6-4-7-16(21-15)23-2/h4,6-7H,3,5,8-14H2,1-2H3,(H2,18,19,20).